The summed E-state index contributed by atoms with van der Waals surface area (Å²) >= 11 is 5.34. The van der Waals surface area contributed by atoms with Crippen molar-refractivity contribution in [2.45, 2.75) is 0 Å². The van der Waals surface area contributed by atoms with Crippen LogP contribution in [0.1, 0.15) is 10.4 Å². The third-order valence-electron chi connectivity index (χ3n) is 1.96. The van der Waals surface area contributed by atoms with E-state index in [1.807, 2.05) is 11.4 Å². The van der Waals surface area contributed by atoms with Gasteiger partial charge < -0.3 is 5.32 Å². The summed E-state index contributed by atoms with van der Waals surface area (Å²) in [5.74, 6) is -2.50. The fourth-order valence-electron chi connectivity index (χ4n) is 1.22. The van der Waals surface area contributed by atoms with Gasteiger partial charge in [-0.05, 0) is 12.1 Å². The van der Waals surface area contributed by atoms with Gasteiger partial charge in [-0.25, -0.2) is 0 Å². The Morgan fingerprint density at radius 2 is 1.94 bits per heavy atom. The number of carbonyl (C=O) groups is 3. The summed E-state index contributed by atoms with van der Waals surface area (Å²) < 4.78 is 0. The van der Waals surface area contributed by atoms with Crippen LogP contribution in [-0.4, -0.2) is 23.5 Å². The maximum Gasteiger partial charge on any atom is 0.303 e. The lowest BCUT2D eigenvalue weighted by atomic mass is 10.1. The van der Waals surface area contributed by atoms with Gasteiger partial charge in [0.2, 0.25) is 5.91 Å². The number of Topliss-reactive ketones (excluding diaryl/α,β-unsaturated/α-hetero) is 1. The average molecular weight is 265 g/mol. The van der Waals surface area contributed by atoms with E-state index in [1.54, 1.807) is 12.1 Å². The van der Waals surface area contributed by atoms with Gasteiger partial charge in [0.1, 0.15) is 5.88 Å². The second kappa shape index (κ2) is 6.42. The van der Waals surface area contributed by atoms with E-state index < -0.39 is 17.6 Å². The standard InChI is InChI=1S/C12H9ClN2O3/c1-2-14-12(18)11(17)8-5-3-4-6-9(8)15-10(16)7-13/h1,3-6H,7H2,(H,14,18)(H,15,16). The third kappa shape index (κ3) is 3.34. The molecule has 92 valence electrons. The van der Waals surface area contributed by atoms with Crippen molar-refractivity contribution in [3.8, 4) is 12.5 Å². The minimum Gasteiger partial charge on any atom is -0.324 e. The summed E-state index contributed by atoms with van der Waals surface area (Å²) in [6, 6.07) is 7.93. The quantitative estimate of drug-likeness (QED) is 0.277. The number of hydrogen-bond donors (Lipinski definition) is 2. The predicted molar refractivity (Wildman–Crippen MR) is 67.1 cm³/mol. The largest absolute Gasteiger partial charge is 0.324 e. The Balaban J connectivity index is 3.02. The molecule has 0 unspecified atom stereocenters. The molecule has 0 fully saturated rings. The van der Waals surface area contributed by atoms with Crippen molar-refractivity contribution in [3.63, 3.8) is 0 Å². The highest BCUT2D eigenvalue weighted by Crippen LogP contribution is 2.15. The lowest BCUT2D eigenvalue weighted by molar-refractivity contribution is -0.116. The molecule has 0 saturated heterocycles. The molecule has 2 N–H and O–H groups in total. The SMILES string of the molecule is C#CNC(=O)C(=O)c1ccccc1NC(=O)CCl. The molecule has 1 aromatic rings. The highest BCUT2D eigenvalue weighted by Gasteiger charge is 2.19. The van der Waals surface area contributed by atoms with Gasteiger partial charge in [-0.15, -0.1) is 11.6 Å². The molecule has 1 aromatic carbocycles. The lowest BCUT2D eigenvalue weighted by Crippen LogP contribution is -2.28. The number of ketones is 1. The van der Waals surface area contributed by atoms with Gasteiger partial charge >= 0.3 is 5.91 Å². The van der Waals surface area contributed by atoms with Crippen LogP contribution in [0.4, 0.5) is 5.69 Å². The Morgan fingerprint density at radius 1 is 1.28 bits per heavy atom. The molecule has 0 aliphatic rings. The number of rotatable bonds is 4. The smallest absolute Gasteiger partial charge is 0.303 e. The number of nitrogens with one attached hydrogen (secondary N) is 2. The summed E-state index contributed by atoms with van der Waals surface area (Å²) in [7, 11) is 0. The van der Waals surface area contributed by atoms with Crippen molar-refractivity contribution in [2.24, 2.45) is 0 Å². The van der Waals surface area contributed by atoms with E-state index >= 15 is 0 Å². The highest BCUT2D eigenvalue weighted by atomic mass is 35.5. The summed E-state index contributed by atoms with van der Waals surface area (Å²) in [4.78, 5) is 34.2. The maximum absolute atomic E-state index is 11.7. The molecule has 0 heterocycles. The second-order valence-corrected chi connectivity index (χ2v) is 3.42. The van der Waals surface area contributed by atoms with Gasteiger partial charge in [0, 0.05) is 6.04 Å². The number of terminal acetylenes is 1. The molecule has 18 heavy (non-hydrogen) atoms. The zero-order valence-corrected chi connectivity index (χ0v) is 9.95. The number of halogens is 1. The molecule has 0 aliphatic heterocycles. The van der Waals surface area contributed by atoms with Gasteiger partial charge in [-0.3, -0.25) is 19.7 Å². The van der Waals surface area contributed by atoms with Crippen LogP contribution in [0, 0.1) is 12.5 Å². The Labute approximate surface area is 109 Å². The minimum absolute atomic E-state index is 0.0451. The normalized spacial score (nSPS) is 9.11. The Bertz CT molecular complexity index is 534. The number of benzene rings is 1. The number of anilines is 1. The lowest BCUT2D eigenvalue weighted by Gasteiger charge is -2.08. The van der Waals surface area contributed by atoms with E-state index in [2.05, 4.69) is 5.32 Å². The van der Waals surface area contributed by atoms with Crippen molar-refractivity contribution in [3.05, 3.63) is 29.8 Å². The molecule has 0 saturated carbocycles. The summed E-state index contributed by atoms with van der Waals surface area (Å²) in [5.41, 5.74) is 0.254. The first-order valence-electron chi connectivity index (χ1n) is 4.85. The molecule has 0 aromatic heterocycles. The molecular formula is C12H9ClN2O3. The maximum atomic E-state index is 11.7. The fourth-order valence-corrected chi connectivity index (χ4v) is 1.29. The predicted octanol–water partition coefficient (Wildman–Crippen LogP) is 0.753. The number of alkyl halides is 1. The van der Waals surface area contributed by atoms with Gasteiger partial charge in [0.25, 0.3) is 5.78 Å². The summed E-state index contributed by atoms with van der Waals surface area (Å²) in [5, 5.41) is 4.35. The summed E-state index contributed by atoms with van der Waals surface area (Å²) in [6.45, 7) is 0. The number of hydrogen-bond acceptors (Lipinski definition) is 3. The summed E-state index contributed by atoms with van der Waals surface area (Å²) in [6.07, 6.45) is 4.86. The Hall–Kier alpha value is -2.32. The van der Waals surface area contributed by atoms with Gasteiger partial charge in [0.15, 0.2) is 0 Å². The average Bonchev–Trinajstić information content (AvgIpc) is 2.38. The zero-order valence-electron chi connectivity index (χ0n) is 9.20. The number of para-hydroxylation sites is 1. The molecule has 0 spiro atoms. The molecule has 0 bridgehead atoms. The van der Waals surface area contributed by atoms with Crippen molar-refractivity contribution < 1.29 is 14.4 Å². The van der Waals surface area contributed by atoms with Crippen LogP contribution >= 0.6 is 11.6 Å². The molecule has 6 heteroatoms. The van der Waals surface area contributed by atoms with Crippen molar-refractivity contribution in [1.29, 1.82) is 0 Å². The van der Waals surface area contributed by atoms with E-state index in [4.69, 9.17) is 18.0 Å². The highest BCUT2D eigenvalue weighted by molar-refractivity contribution is 6.44. The third-order valence-corrected chi connectivity index (χ3v) is 2.20. The Morgan fingerprint density at radius 3 is 2.56 bits per heavy atom. The number of carbonyl (C=O) groups excluding carboxylic acids is 3. The number of amides is 2. The van der Waals surface area contributed by atoms with Crippen LogP contribution < -0.4 is 10.6 Å². The molecular weight excluding hydrogens is 256 g/mol. The first-order valence-corrected chi connectivity index (χ1v) is 5.38. The first kappa shape index (κ1) is 13.7. The van der Waals surface area contributed by atoms with E-state index in [0.29, 0.717) is 0 Å². The second-order valence-electron chi connectivity index (χ2n) is 3.15. The minimum atomic E-state index is -0.940. The molecule has 0 aliphatic carbocycles. The fraction of sp³-hybridized carbons (Fsp3) is 0.0833. The van der Waals surface area contributed by atoms with Crippen molar-refractivity contribution >= 4 is 34.9 Å². The van der Waals surface area contributed by atoms with Crippen molar-refractivity contribution in [2.75, 3.05) is 11.2 Å². The van der Waals surface area contributed by atoms with Gasteiger partial charge in [-0.2, -0.15) is 0 Å². The van der Waals surface area contributed by atoms with Crippen LogP contribution in [0.2, 0.25) is 0 Å². The molecule has 5 nitrogen and oxygen atoms in total. The monoisotopic (exact) mass is 264 g/mol. The van der Waals surface area contributed by atoms with E-state index in [1.165, 1.54) is 12.1 Å². The van der Waals surface area contributed by atoms with Crippen molar-refractivity contribution in [1.82, 2.24) is 5.32 Å². The van der Waals surface area contributed by atoms with Gasteiger partial charge in [-0.1, -0.05) is 18.6 Å². The van der Waals surface area contributed by atoms with E-state index in [-0.39, 0.29) is 17.1 Å². The molecule has 0 atom stereocenters. The zero-order chi connectivity index (χ0) is 13.5. The van der Waals surface area contributed by atoms with Gasteiger partial charge in [0.05, 0.1) is 11.3 Å². The van der Waals surface area contributed by atoms with Crippen LogP contribution in [-0.2, 0) is 9.59 Å². The van der Waals surface area contributed by atoms with Crippen LogP contribution in [0.25, 0.3) is 0 Å². The van der Waals surface area contributed by atoms with Crippen LogP contribution in [0.15, 0.2) is 24.3 Å². The van der Waals surface area contributed by atoms with E-state index in [9.17, 15) is 14.4 Å². The molecule has 1 rings (SSSR count). The molecule has 2 amide bonds. The first-order chi connectivity index (χ1) is 8.60. The van der Waals surface area contributed by atoms with Crippen LogP contribution in [0.5, 0.6) is 0 Å². The van der Waals surface area contributed by atoms with E-state index in [0.717, 1.165) is 0 Å². The topological polar surface area (TPSA) is 75.3 Å². The Kier molecular flexibility index (Phi) is 4.90. The van der Waals surface area contributed by atoms with Crippen LogP contribution in [0.3, 0.4) is 0 Å². The molecule has 0 radical (unpaired) electrons.